The minimum atomic E-state index is -0.375. The maximum absolute atomic E-state index is 13.2. The van der Waals surface area contributed by atoms with E-state index in [4.69, 9.17) is 9.15 Å². The molecule has 28 heavy (non-hydrogen) atoms. The van der Waals surface area contributed by atoms with E-state index in [0.717, 1.165) is 25.9 Å². The number of aromatic hydroxyl groups is 1. The number of methoxy groups -OCH3 is 1. The fourth-order valence-corrected chi connectivity index (χ4v) is 3.80. The van der Waals surface area contributed by atoms with E-state index in [1.807, 2.05) is 0 Å². The van der Waals surface area contributed by atoms with Crippen LogP contribution in [-0.2, 0) is 6.54 Å². The van der Waals surface area contributed by atoms with Crippen LogP contribution in [0.25, 0.3) is 22.1 Å². The Morgan fingerprint density at radius 1 is 1.18 bits per heavy atom. The van der Waals surface area contributed by atoms with Crippen molar-refractivity contribution in [1.29, 1.82) is 0 Å². The SMILES string of the molecule is COc1cc(O)c(CN2CCCCC2)c2occ(-c3ccc(F)cc3)c(=O)c12. The minimum absolute atomic E-state index is 0.0487. The van der Waals surface area contributed by atoms with Crippen LogP contribution in [0.4, 0.5) is 4.39 Å². The van der Waals surface area contributed by atoms with Crippen LogP contribution in [0.15, 0.2) is 45.8 Å². The Morgan fingerprint density at radius 3 is 2.57 bits per heavy atom. The van der Waals surface area contributed by atoms with Crippen molar-refractivity contribution in [2.75, 3.05) is 20.2 Å². The van der Waals surface area contributed by atoms with Crippen LogP contribution in [0.1, 0.15) is 24.8 Å². The molecular weight excluding hydrogens is 361 g/mol. The van der Waals surface area contributed by atoms with E-state index in [-0.39, 0.29) is 28.1 Å². The van der Waals surface area contributed by atoms with Crippen molar-refractivity contribution >= 4 is 11.0 Å². The van der Waals surface area contributed by atoms with Gasteiger partial charge in [-0.3, -0.25) is 9.69 Å². The quantitative estimate of drug-likeness (QED) is 0.728. The Labute approximate surface area is 162 Å². The zero-order valence-electron chi connectivity index (χ0n) is 15.7. The number of benzene rings is 2. The van der Waals surface area contributed by atoms with Gasteiger partial charge in [0, 0.05) is 12.6 Å². The largest absolute Gasteiger partial charge is 0.507 e. The molecule has 1 aliphatic rings. The highest BCUT2D eigenvalue weighted by Gasteiger charge is 2.22. The summed E-state index contributed by atoms with van der Waals surface area (Å²) in [5, 5.41) is 10.8. The van der Waals surface area contributed by atoms with Gasteiger partial charge in [-0.25, -0.2) is 4.39 Å². The van der Waals surface area contributed by atoms with Gasteiger partial charge in [-0.05, 0) is 43.6 Å². The lowest BCUT2D eigenvalue weighted by atomic mass is 10.0. The third-order valence-electron chi connectivity index (χ3n) is 5.30. The first-order chi connectivity index (χ1) is 13.6. The summed E-state index contributed by atoms with van der Waals surface area (Å²) in [6.45, 7) is 2.40. The number of rotatable bonds is 4. The van der Waals surface area contributed by atoms with Crippen LogP contribution in [0.2, 0.25) is 0 Å². The molecule has 1 aromatic heterocycles. The maximum Gasteiger partial charge on any atom is 0.204 e. The molecule has 146 valence electrons. The second-order valence-corrected chi connectivity index (χ2v) is 7.10. The predicted octanol–water partition coefficient (Wildman–Crippen LogP) is 4.30. The van der Waals surface area contributed by atoms with Crippen molar-refractivity contribution in [3.05, 3.63) is 58.2 Å². The minimum Gasteiger partial charge on any atom is -0.507 e. The lowest BCUT2D eigenvalue weighted by Crippen LogP contribution is -2.29. The van der Waals surface area contributed by atoms with Crippen molar-refractivity contribution in [2.24, 2.45) is 0 Å². The molecular formula is C22H22FNO4. The molecule has 1 saturated heterocycles. The lowest BCUT2D eigenvalue weighted by molar-refractivity contribution is 0.218. The normalized spacial score (nSPS) is 15.1. The summed E-state index contributed by atoms with van der Waals surface area (Å²) < 4.78 is 24.4. The topological polar surface area (TPSA) is 62.9 Å². The van der Waals surface area contributed by atoms with E-state index in [1.54, 1.807) is 0 Å². The summed E-state index contributed by atoms with van der Waals surface area (Å²) in [6, 6.07) is 7.14. The molecule has 3 aromatic rings. The second kappa shape index (κ2) is 7.64. The average molecular weight is 383 g/mol. The molecule has 1 fully saturated rings. The van der Waals surface area contributed by atoms with Crippen molar-refractivity contribution in [2.45, 2.75) is 25.8 Å². The molecule has 2 aromatic carbocycles. The number of hydrogen-bond donors (Lipinski definition) is 1. The van der Waals surface area contributed by atoms with E-state index in [0.29, 0.717) is 28.8 Å². The van der Waals surface area contributed by atoms with Crippen molar-refractivity contribution < 1.29 is 18.7 Å². The van der Waals surface area contributed by atoms with Gasteiger partial charge >= 0.3 is 0 Å². The van der Waals surface area contributed by atoms with Gasteiger partial charge < -0.3 is 14.3 Å². The van der Waals surface area contributed by atoms with Crippen molar-refractivity contribution in [3.63, 3.8) is 0 Å². The zero-order valence-corrected chi connectivity index (χ0v) is 15.7. The summed E-state index contributed by atoms with van der Waals surface area (Å²) >= 11 is 0. The first-order valence-electron chi connectivity index (χ1n) is 9.41. The highest BCUT2D eigenvalue weighted by molar-refractivity contribution is 5.91. The lowest BCUT2D eigenvalue weighted by Gasteiger charge is -2.27. The van der Waals surface area contributed by atoms with Crippen LogP contribution in [-0.4, -0.2) is 30.2 Å². The highest BCUT2D eigenvalue weighted by atomic mass is 19.1. The summed E-state index contributed by atoms with van der Waals surface area (Å²) in [6.07, 6.45) is 4.82. The van der Waals surface area contributed by atoms with Crippen LogP contribution >= 0.6 is 0 Å². The number of ether oxygens (including phenoxy) is 1. The molecule has 0 amide bonds. The van der Waals surface area contributed by atoms with Crippen molar-refractivity contribution in [3.8, 4) is 22.6 Å². The van der Waals surface area contributed by atoms with Crippen LogP contribution < -0.4 is 10.2 Å². The van der Waals surface area contributed by atoms with Gasteiger partial charge in [0.2, 0.25) is 5.43 Å². The summed E-state index contributed by atoms with van der Waals surface area (Å²) in [7, 11) is 1.45. The molecule has 0 saturated carbocycles. The average Bonchev–Trinajstić information content (AvgIpc) is 2.71. The summed E-state index contributed by atoms with van der Waals surface area (Å²) in [5.41, 5.74) is 1.52. The predicted molar refractivity (Wildman–Crippen MR) is 105 cm³/mol. The smallest absolute Gasteiger partial charge is 0.204 e. The number of piperidine rings is 1. The molecule has 0 atom stereocenters. The Bertz CT molecular complexity index is 1050. The molecule has 0 spiro atoms. The summed E-state index contributed by atoms with van der Waals surface area (Å²) in [4.78, 5) is 15.5. The van der Waals surface area contributed by atoms with Gasteiger partial charge in [-0.1, -0.05) is 18.6 Å². The maximum atomic E-state index is 13.2. The monoisotopic (exact) mass is 383 g/mol. The first-order valence-corrected chi connectivity index (χ1v) is 9.41. The van der Waals surface area contributed by atoms with Gasteiger partial charge in [0.05, 0.1) is 18.2 Å². The zero-order chi connectivity index (χ0) is 19.7. The number of nitrogens with zero attached hydrogens (tertiary/aromatic N) is 1. The Kier molecular flexibility index (Phi) is 5.05. The number of hydrogen-bond acceptors (Lipinski definition) is 5. The van der Waals surface area contributed by atoms with Gasteiger partial charge in [0.1, 0.15) is 34.5 Å². The molecule has 0 aliphatic carbocycles. The fraction of sp³-hybridized carbons (Fsp3) is 0.318. The van der Waals surface area contributed by atoms with E-state index in [1.165, 1.54) is 50.1 Å². The molecule has 2 heterocycles. The Hall–Kier alpha value is -2.86. The third kappa shape index (κ3) is 3.36. The molecule has 0 unspecified atom stereocenters. The first kappa shape index (κ1) is 18.5. The number of likely N-dealkylation sites (tertiary alicyclic amines) is 1. The van der Waals surface area contributed by atoms with E-state index >= 15 is 0 Å². The third-order valence-corrected chi connectivity index (χ3v) is 5.30. The molecule has 4 rings (SSSR count). The van der Waals surface area contributed by atoms with E-state index in [9.17, 15) is 14.3 Å². The van der Waals surface area contributed by atoms with E-state index < -0.39 is 0 Å². The Morgan fingerprint density at radius 2 is 1.89 bits per heavy atom. The van der Waals surface area contributed by atoms with Gasteiger partial charge in [-0.15, -0.1) is 0 Å². The molecule has 5 nitrogen and oxygen atoms in total. The van der Waals surface area contributed by atoms with Crippen LogP contribution in [0.3, 0.4) is 0 Å². The highest BCUT2D eigenvalue weighted by Crippen LogP contribution is 2.36. The van der Waals surface area contributed by atoms with Crippen LogP contribution in [0.5, 0.6) is 11.5 Å². The number of phenolic OH excluding ortho intramolecular Hbond substituents is 1. The number of fused-ring (bicyclic) bond motifs is 1. The van der Waals surface area contributed by atoms with Crippen LogP contribution in [0, 0.1) is 5.82 Å². The molecule has 0 bridgehead atoms. The fourth-order valence-electron chi connectivity index (χ4n) is 3.80. The Balaban J connectivity index is 1.87. The van der Waals surface area contributed by atoms with Gasteiger partial charge in [0.25, 0.3) is 0 Å². The molecule has 1 aliphatic heterocycles. The molecule has 1 N–H and O–H groups in total. The second-order valence-electron chi connectivity index (χ2n) is 7.10. The molecule has 6 heteroatoms. The van der Waals surface area contributed by atoms with Crippen molar-refractivity contribution in [1.82, 2.24) is 4.90 Å². The molecule has 0 radical (unpaired) electrons. The van der Waals surface area contributed by atoms with Gasteiger partial charge in [0.15, 0.2) is 0 Å². The van der Waals surface area contributed by atoms with Gasteiger partial charge in [-0.2, -0.15) is 0 Å². The van der Waals surface area contributed by atoms with E-state index in [2.05, 4.69) is 4.90 Å². The summed E-state index contributed by atoms with van der Waals surface area (Å²) in [5.74, 6) is -0.0690. The number of phenols is 1. The standard InChI is InChI=1S/C22H22FNO4/c1-27-19-11-18(25)16(12-24-9-3-2-4-10-24)22-20(19)21(26)17(13-28-22)14-5-7-15(23)8-6-14/h5-8,11,13,25H,2-4,9-10,12H2,1H3. The number of halogens is 1.